The summed E-state index contributed by atoms with van der Waals surface area (Å²) in [5.41, 5.74) is 8.13. The number of thioether (sulfide) groups is 2. The zero-order chi connectivity index (χ0) is 44.5. The van der Waals surface area contributed by atoms with E-state index >= 15 is 0 Å². The summed E-state index contributed by atoms with van der Waals surface area (Å²) in [6.07, 6.45) is 3.82. The van der Waals surface area contributed by atoms with Crippen LogP contribution >= 0.6 is 46.2 Å². The molecule has 9 aromatic rings. The third-order valence-corrected chi connectivity index (χ3v) is 14.1. The minimum Gasteiger partial charge on any atom is -0.478 e. The molecule has 322 valence electrons. The monoisotopic (exact) mass is 930 g/mol. The molecule has 0 bridgehead atoms. The molecule has 4 aromatic heterocycles. The molecule has 4 heterocycles. The quantitative estimate of drug-likeness (QED) is 0.0751. The standard InChI is InChI=1S/C49H38N8O4S4/c58-47(44-14-6-24-62-44)50-40-10-1-3-12-42(40)64-30-36-28-56(54-52-36)26-32-16-20-34(21-17-32)38-8-5-9-39(46(38)49(60)61)35-22-18-33(19-23-35)27-57-29-37(53-55-57)31-65-43-13-4-2-11-41(43)51-48(59)45-15-7-25-63-45/h1-25,28-29H,26-27,30-31H2,(H,50,58)(H,51,59)(H,60,61). The lowest BCUT2D eigenvalue weighted by molar-refractivity contribution is 0.0698. The van der Waals surface area contributed by atoms with Crippen molar-refractivity contribution in [1.82, 2.24) is 30.0 Å². The van der Waals surface area contributed by atoms with E-state index in [9.17, 15) is 19.5 Å². The molecule has 0 aliphatic heterocycles. The van der Waals surface area contributed by atoms with Crippen molar-refractivity contribution in [3.05, 3.63) is 201 Å². The Hall–Kier alpha value is -7.11. The Bertz CT molecular complexity index is 2880. The number of hydrogen-bond acceptors (Lipinski definition) is 11. The second-order valence-electron chi connectivity index (χ2n) is 14.7. The molecule has 0 unspecified atom stereocenters. The minimum atomic E-state index is -1.01. The van der Waals surface area contributed by atoms with E-state index in [1.807, 2.05) is 151 Å². The molecule has 5 aromatic carbocycles. The Balaban J connectivity index is 0.810. The van der Waals surface area contributed by atoms with Gasteiger partial charge in [-0.15, -0.1) is 56.4 Å². The van der Waals surface area contributed by atoms with Crippen LogP contribution in [0.15, 0.2) is 172 Å². The third kappa shape index (κ3) is 10.6. The van der Waals surface area contributed by atoms with Crippen LogP contribution in [0, 0.1) is 0 Å². The topological polar surface area (TPSA) is 157 Å². The predicted molar refractivity (Wildman–Crippen MR) is 259 cm³/mol. The fourth-order valence-electron chi connectivity index (χ4n) is 7.06. The van der Waals surface area contributed by atoms with Crippen molar-refractivity contribution < 1.29 is 19.5 Å². The molecule has 0 spiro atoms. The number of rotatable bonds is 17. The first kappa shape index (κ1) is 43.2. The van der Waals surface area contributed by atoms with Crippen LogP contribution in [0.2, 0.25) is 0 Å². The smallest absolute Gasteiger partial charge is 0.336 e. The average molecular weight is 931 g/mol. The Morgan fingerprint density at radius 3 is 1.40 bits per heavy atom. The van der Waals surface area contributed by atoms with Gasteiger partial charge in [0.1, 0.15) is 0 Å². The third-order valence-electron chi connectivity index (χ3n) is 10.2. The summed E-state index contributed by atoms with van der Waals surface area (Å²) in [7, 11) is 0. The molecule has 0 saturated carbocycles. The van der Waals surface area contributed by atoms with Gasteiger partial charge in [-0.3, -0.25) is 9.59 Å². The molecule has 0 aliphatic carbocycles. The van der Waals surface area contributed by atoms with Gasteiger partial charge in [0.15, 0.2) is 0 Å². The van der Waals surface area contributed by atoms with Gasteiger partial charge in [0.2, 0.25) is 0 Å². The maximum atomic E-state index is 12.8. The minimum absolute atomic E-state index is 0.135. The number of aromatic carboxylic acids is 1. The summed E-state index contributed by atoms with van der Waals surface area (Å²) in [5, 5.41) is 37.7. The van der Waals surface area contributed by atoms with E-state index in [1.165, 1.54) is 22.7 Å². The predicted octanol–water partition coefficient (Wildman–Crippen LogP) is 11.2. The largest absolute Gasteiger partial charge is 0.478 e. The molecule has 0 atom stereocenters. The summed E-state index contributed by atoms with van der Waals surface area (Å²) in [5.74, 6) is -0.137. The van der Waals surface area contributed by atoms with Gasteiger partial charge in [-0.25, -0.2) is 14.2 Å². The highest BCUT2D eigenvalue weighted by molar-refractivity contribution is 7.99. The molecule has 16 heteroatoms. The highest BCUT2D eigenvalue weighted by Crippen LogP contribution is 2.34. The highest BCUT2D eigenvalue weighted by atomic mass is 32.2. The molecule has 3 N–H and O–H groups in total. The molecule has 9 rings (SSSR count). The number of thiophene rings is 2. The van der Waals surface area contributed by atoms with Gasteiger partial charge >= 0.3 is 5.97 Å². The summed E-state index contributed by atoms with van der Waals surface area (Å²) in [4.78, 5) is 41.4. The fourth-order valence-corrected chi connectivity index (χ4v) is 10.1. The number of carboxylic acid groups (broad SMARTS) is 1. The fraction of sp³-hybridized carbons (Fsp3) is 0.0816. The molecule has 65 heavy (non-hydrogen) atoms. The zero-order valence-corrected chi connectivity index (χ0v) is 37.7. The second-order valence-corrected chi connectivity index (χ2v) is 18.6. The van der Waals surface area contributed by atoms with Crippen molar-refractivity contribution in [3.8, 4) is 22.3 Å². The normalized spacial score (nSPS) is 11.1. The Morgan fingerprint density at radius 2 is 0.985 bits per heavy atom. The molecular weight excluding hydrogens is 893 g/mol. The lowest BCUT2D eigenvalue weighted by atomic mass is 9.91. The lowest BCUT2D eigenvalue weighted by Crippen LogP contribution is -2.10. The molecule has 0 aliphatic rings. The lowest BCUT2D eigenvalue weighted by Gasteiger charge is -2.13. The van der Waals surface area contributed by atoms with E-state index in [0.717, 1.165) is 54.8 Å². The number of amides is 2. The number of carboxylic acids is 1. The first-order chi connectivity index (χ1) is 31.8. The van der Waals surface area contributed by atoms with Crippen molar-refractivity contribution in [1.29, 1.82) is 0 Å². The SMILES string of the molecule is O=C(Nc1ccccc1SCc1cn(Cc2ccc(-c3cccc(-c4ccc(Cn5cc(CSc6ccccc6NC(=O)c6cccs6)nn5)cc4)c3C(=O)O)cc2)nn1)c1cccs1. The van der Waals surface area contributed by atoms with Crippen molar-refractivity contribution >= 4 is 75.4 Å². The van der Waals surface area contributed by atoms with E-state index in [1.54, 1.807) is 45.0 Å². The van der Waals surface area contributed by atoms with Crippen LogP contribution in [0.5, 0.6) is 0 Å². The number of anilines is 2. The van der Waals surface area contributed by atoms with E-state index in [-0.39, 0.29) is 17.4 Å². The molecular formula is C49H38N8O4S4. The molecule has 2 amide bonds. The molecule has 0 fully saturated rings. The van der Waals surface area contributed by atoms with Crippen LogP contribution in [0.25, 0.3) is 22.3 Å². The summed E-state index contributed by atoms with van der Waals surface area (Å²) in [6, 6.07) is 43.9. The van der Waals surface area contributed by atoms with Crippen molar-refractivity contribution in [3.63, 3.8) is 0 Å². The van der Waals surface area contributed by atoms with Gasteiger partial charge in [-0.2, -0.15) is 0 Å². The van der Waals surface area contributed by atoms with Crippen LogP contribution in [-0.2, 0) is 24.6 Å². The number of nitrogens with one attached hydrogen (secondary N) is 2. The van der Waals surface area contributed by atoms with E-state index in [0.29, 0.717) is 45.5 Å². The molecule has 0 radical (unpaired) electrons. The summed E-state index contributed by atoms with van der Waals surface area (Å²) in [6.45, 7) is 0.981. The van der Waals surface area contributed by atoms with E-state index < -0.39 is 5.97 Å². The number of para-hydroxylation sites is 2. The number of hydrogen-bond donors (Lipinski definition) is 3. The van der Waals surface area contributed by atoms with Crippen molar-refractivity contribution in [2.75, 3.05) is 10.6 Å². The number of nitrogens with zero attached hydrogens (tertiary/aromatic N) is 6. The van der Waals surface area contributed by atoms with Crippen molar-refractivity contribution in [2.45, 2.75) is 34.4 Å². The molecule has 0 saturated heterocycles. The van der Waals surface area contributed by atoms with Crippen LogP contribution in [-0.4, -0.2) is 52.9 Å². The van der Waals surface area contributed by atoms with E-state index in [2.05, 4.69) is 31.3 Å². The van der Waals surface area contributed by atoms with Gasteiger partial charge in [-0.05, 0) is 80.5 Å². The van der Waals surface area contributed by atoms with E-state index in [4.69, 9.17) is 0 Å². The number of carbonyl (C=O) groups is 3. The summed E-state index contributed by atoms with van der Waals surface area (Å²) < 4.78 is 3.56. The maximum absolute atomic E-state index is 12.8. The van der Waals surface area contributed by atoms with Crippen LogP contribution in [0.1, 0.15) is 52.2 Å². The van der Waals surface area contributed by atoms with Gasteiger partial charge in [0.25, 0.3) is 11.8 Å². The van der Waals surface area contributed by atoms with Gasteiger partial charge in [0, 0.05) is 33.7 Å². The number of aromatic nitrogens is 6. The number of benzene rings is 5. The van der Waals surface area contributed by atoms with Crippen LogP contribution in [0.3, 0.4) is 0 Å². The second kappa shape index (κ2) is 20.2. The molecule has 12 nitrogen and oxygen atoms in total. The van der Waals surface area contributed by atoms with Crippen molar-refractivity contribution in [2.24, 2.45) is 0 Å². The summed E-state index contributed by atoms with van der Waals surface area (Å²) >= 11 is 5.95. The Morgan fingerprint density at radius 1 is 0.538 bits per heavy atom. The Labute approximate surface area is 390 Å². The zero-order valence-electron chi connectivity index (χ0n) is 34.4. The van der Waals surface area contributed by atoms with Gasteiger partial charge in [0.05, 0.1) is 51.2 Å². The number of carbonyl (C=O) groups excluding carboxylic acids is 2. The van der Waals surface area contributed by atoms with Crippen LogP contribution < -0.4 is 10.6 Å². The first-order valence-corrected chi connectivity index (χ1v) is 24.0. The van der Waals surface area contributed by atoms with Crippen LogP contribution in [0.4, 0.5) is 11.4 Å². The van der Waals surface area contributed by atoms with Gasteiger partial charge in [-0.1, -0.05) is 114 Å². The van der Waals surface area contributed by atoms with Gasteiger partial charge < -0.3 is 15.7 Å². The Kier molecular flexibility index (Phi) is 13.4. The highest BCUT2D eigenvalue weighted by Gasteiger charge is 2.19. The maximum Gasteiger partial charge on any atom is 0.336 e. The first-order valence-electron chi connectivity index (χ1n) is 20.3. The average Bonchev–Trinajstić information content (AvgIpc) is 4.19.